The standard InChI is InChI=1S/C29H31F7O/c1-18-2-4-19(5-3-18)20-6-8-21(9-7-20)23-12-15-27(25(30)16-23)37-29(35,36)24-13-10-22(11-14-24)26(31)17-28(32,33)34/h6-9,12,15-19,22,24H,2-5,10-11,13-14H2,1H3/b26-17-. The van der Waals surface area contributed by atoms with E-state index in [-0.39, 0.29) is 25.7 Å². The Morgan fingerprint density at radius 1 is 0.811 bits per heavy atom. The minimum atomic E-state index is -4.80. The molecule has 0 aliphatic heterocycles. The Kier molecular flexibility index (Phi) is 8.24. The maximum atomic E-state index is 14.8. The molecule has 2 aromatic carbocycles. The van der Waals surface area contributed by atoms with E-state index in [1.165, 1.54) is 24.5 Å². The molecular formula is C29H31F7O. The Morgan fingerprint density at radius 3 is 1.97 bits per heavy atom. The highest BCUT2D eigenvalue weighted by Crippen LogP contribution is 2.43. The number of benzene rings is 2. The number of allylic oxidation sites excluding steroid dienone is 2. The van der Waals surface area contributed by atoms with Gasteiger partial charge in [-0.25, -0.2) is 8.78 Å². The highest BCUT2D eigenvalue weighted by molar-refractivity contribution is 5.64. The van der Waals surface area contributed by atoms with Crippen LogP contribution in [0.1, 0.15) is 69.8 Å². The molecule has 2 aliphatic rings. The van der Waals surface area contributed by atoms with Crippen molar-refractivity contribution in [2.24, 2.45) is 17.8 Å². The van der Waals surface area contributed by atoms with Crippen molar-refractivity contribution in [3.8, 4) is 16.9 Å². The Balaban J connectivity index is 1.37. The molecule has 0 atom stereocenters. The van der Waals surface area contributed by atoms with E-state index < -0.39 is 47.6 Å². The van der Waals surface area contributed by atoms with E-state index in [1.807, 2.05) is 24.3 Å². The van der Waals surface area contributed by atoms with E-state index in [0.29, 0.717) is 11.5 Å². The number of alkyl halides is 5. The van der Waals surface area contributed by atoms with Crippen LogP contribution in [0.2, 0.25) is 0 Å². The van der Waals surface area contributed by atoms with Crippen LogP contribution in [0.4, 0.5) is 30.7 Å². The molecule has 4 rings (SSSR count). The van der Waals surface area contributed by atoms with Gasteiger partial charge in [0.25, 0.3) is 0 Å². The van der Waals surface area contributed by atoms with Crippen molar-refractivity contribution in [2.75, 3.05) is 0 Å². The molecule has 1 nitrogen and oxygen atoms in total. The summed E-state index contributed by atoms with van der Waals surface area (Å²) in [5, 5.41) is 0. The Morgan fingerprint density at radius 2 is 1.41 bits per heavy atom. The van der Waals surface area contributed by atoms with Crippen LogP contribution in [-0.2, 0) is 0 Å². The first kappa shape index (κ1) is 27.5. The van der Waals surface area contributed by atoms with Gasteiger partial charge in [0, 0.05) is 5.92 Å². The van der Waals surface area contributed by atoms with Crippen molar-refractivity contribution >= 4 is 0 Å². The third-order valence-corrected chi connectivity index (χ3v) is 7.80. The average molecular weight is 529 g/mol. The van der Waals surface area contributed by atoms with Crippen LogP contribution < -0.4 is 4.74 Å². The number of hydrogen-bond acceptors (Lipinski definition) is 1. The summed E-state index contributed by atoms with van der Waals surface area (Å²) in [6.07, 6.45) is -5.05. The van der Waals surface area contributed by atoms with Gasteiger partial charge in [-0.05, 0) is 79.2 Å². The molecule has 0 N–H and O–H groups in total. The molecule has 0 aromatic heterocycles. The highest BCUT2D eigenvalue weighted by Gasteiger charge is 2.45. The van der Waals surface area contributed by atoms with E-state index in [4.69, 9.17) is 4.74 Å². The van der Waals surface area contributed by atoms with Gasteiger partial charge >= 0.3 is 12.3 Å². The van der Waals surface area contributed by atoms with Gasteiger partial charge in [-0.15, -0.1) is 0 Å². The molecule has 0 unspecified atom stereocenters. The van der Waals surface area contributed by atoms with Gasteiger partial charge < -0.3 is 4.74 Å². The molecule has 0 bridgehead atoms. The molecule has 0 spiro atoms. The summed E-state index contributed by atoms with van der Waals surface area (Å²) in [6, 6.07) is 11.7. The second-order valence-electron chi connectivity index (χ2n) is 10.5. The maximum Gasteiger partial charge on any atom is 0.412 e. The number of halogens is 7. The first-order chi connectivity index (χ1) is 17.4. The van der Waals surface area contributed by atoms with Gasteiger partial charge in [0.1, 0.15) is 5.83 Å². The minimum Gasteiger partial charge on any atom is -0.429 e. The van der Waals surface area contributed by atoms with Crippen molar-refractivity contribution in [1.82, 2.24) is 0 Å². The summed E-state index contributed by atoms with van der Waals surface area (Å²) >= 11 is 0. The monoisotopic (exact) mass is 528 g/mol. The molecule has 0 amide bonds. The molecular weight excluding hydrogens is 497 g/mol. The summed E-state index contributed by atoms with van der Waals surface area (Å²) in [4.78, 5) is 0. The zero-order chi connectivity index (χ0) is 26.8. The summed E-state index contributed by atoms with van der Waals surface area (Å²) < 4.78 is 99.9. The fourth-order valence-corrected chi connectivity index (χ4v) is 5.51. The third kappa shape index (κ3) is 7.08. The number of hydrogen-bond donors (Lipinski definition) is 0. The molecule has 2 aromatic rings. The second kappa shape index (κ2) is 11.1. The molecule has 2 aliphatic carbocycles. The van der Waals surface area contributed by atoms with Crippen LogP contribution in [-0.4, -0.2) is 12.3 Å². The SMILES string of the molecule is CC1CCC(c2ccc(-c3ccc(OC(F)(F)C4CCC(/C(F)=C/C(F)(F)F)CC4)c(F)c3)cc2)CC1. The topological polar surface area (TPSA) is 9.23 Å². The van der Waals surface area contributed by atoms with Gasteiger partial charge in [0.15, 0.2) is 11.6 Å². The first-order valence-electron chi connectivity index (χ1n) is 12.8. The molecule has 2 fully saturated rings. The van der Waals surface area contributed by atoms with Crippen molar-refractivity contribution in [1.29, 1.82) is 0 Å². The number of rotatable bonds is 6. The predicted molar refractivity (Wildman–Crippen MR) is 128 cm³/mol. The smallest absolute Gasteiger partial charge is 0.412 e. The lowest BCUT2D eigenvalue weighted by molar-refractivity contribution is -0.224. The molecule has 202 valence electrons. The van der Waals surface area contributed by atoms with Crippen LogP contribution in [0.3, 0.4) is 0 Å². The largest absolute Gasteiger partial charge is 0.429 e. The zero-order valence-electron chi connectivity index (χ0n) is 20.6. The number of ether oxygens (including phenoxy) is 1. The van der Waals surface area contributed by atoms with Crippen LogP contribution in [0, 0.1) is 23.6 Å². The van der Waals surface area contributed by atoms with Gasteiger partial charge in [-0.3, -0.25) is 0 Å². The van der Waals surface area contributed by atoms with E-state index in [9.17, 15) is 30.7 Å². The molecule has 0 heterocycles. The Bertz CT molecular complexity index is 1070. The van der Waals surface area contributed by atoms with Gasteiger partial charge in [-0.2, -0.15) is 22.0 Å². The molecule has 0 radical (unpaired) electrons. The van der Waals surface area contributed by atoms with Gasteiger partial charge in [0.05, 0.1) is 12.0 Å². The predicted octanol–water partition coefficient (Wildman–Crippen LogP) is 9.98. The molecule has 37 heavy (non-hydrogen) atoms. The third-order valence-electron chi connectivity index (χ3n) is 7.80. The Labute approximate surface area is 212 Å². The molecule has 8 heteroatoms. The van der Waals surface area contributed by atoms with Crippen molar-refractivity contribution in [2.45, 2.75) is 76.5 Å². The minimum absolute atomic E-state index is 0.167. The van der Waals surface area contributed by atoms with E-state index in [1.54, 1.807) is 0 Å². The normalized spacial score (nSPS) is 25.7. The molecule has 2 saturated carbocycles. The highest BCUT2D eigenvalue weighted by atomic mass is 19.4. The quantitative estimate of drug-likeness (QED) is 0.339. The van der Waals surface area contributed by atoms with Crippen molar-refractivity contribution in [3.05, 3.63) is 65.7 Å². The fraction of sp³-hybridized carbons (Fsp3) is 0.517. The average Bonchev–Trinajstić information content (AvgIpc) is 2.85. The summed E-state index contributed by atoms with van der Waals surface area (Å²) in [6.45, 7) is 2.27. The Hall–Kier alpha value is -2.51. The lowest BCUT2D eigenvalue weighted by Crippen LogP contribution is -2.37. The van der Waals surface area contributed by atoms with E-state index >= 15 is 0 Å². The van der Waals surface area contributed by atoms with Crippen LogP contribution in [0.5, 0.6) is 5.75 Å². The zero-order valence-corrected chi connectivity index (χ0v) is 20.6. The summed E-state index contributed by atoms with van der Waals surface area (Å²) in [5.74, 6) is -4.02. The van der Waals surface area contributed by atoms with E-state index in [2.05, 4.69) is 6.92 Å². The lowest BCUT2D eigenvalue weighted by Gasteiger charge is -2.33. The van der Waals surface area contributed by atoms with Gasteiger partial charge in [0.2, 0.25) is 0 Å². The van der Waals surface area contributed by atoms with E-state index in [0.717, 1.165) is 36.5 Å². The van der Waals surface area contributed by atoms with Crippen molar-refractivity contribution in [3.63, 3.8) is 0 Å². The van der Waals surface area contributed by atoms with Crippen LogP contribution >= 0.6 is 0 Å². The lowest BCUT2D eigenvalue weighted by atomic mass is 9.79. The first-order valence-corrected chi connectivity index (χ1v) is 12.8. The van der Waals surface area contributed by atoms with Crippen LogP contribution in [0.15, 0.2) is 54.4 Å². The van der Waals surface area contributed by atoms with Crippen LogP contribution in [0.25, 0.3) is 11.1 Å². The fourth-order valence-electron chi connectivity index (χ4n) is 5.51. The summed E-state index contributed by atoms with van der Waals surface area (Å²) in [7, 11) is 0. The molecule has 0 saturated heterocycles. The second-order valence-corrected chi connectivity index (χ2v) is 10.5. The van der Waals surface area contributed by atoms with Gasteiger partial charge in [-0.1, -0.05) is 50.1 Å². The summed E-state index contributed by atoms with van der Waals surface area (Å²) in [5.41, 5.74) is 2.54. The van der Waals surface area contributed by atoms with Crippen molar-refractivity contribution < 1.29 is 35.5 Å². The maximum absolute atomic E-state index is 14.8.